The van der Waals surface area contributed by atoms with Crippen molar-refractivity contribution in [3.8, 4) is 0 Å². The summed E-state index contributed by atoms with van der Waals surface area (Å²) in [6.45, 7) is 5.45. The van der Waals surface area contributed by atoms with Crippen molar-refractivity contribution in [2.45, 2.75) is 50.7 Å². The Morgan fingerprint density at radius 1 is 1.30 bits per heavy atom. The summed E-state index contributed by atoms with van der Waals surface area (Å²) in [7, 11) is 0. The lowest BCUT2D eigenvalue weighted by Gasteiger charge is -2.45. The van der Waals surface area contributed by atoms with Crippen LogP contribution in [0.3, 0.4) is 0 Å². The van der Waals surface area contributed by atoms with Gasteiger partial charge in [-0.3, -0.25) is 0 Å². The van der Waals surface area contributed by atoms with Crippen molar-refractivity contribution in [1.29, 1.82) is 0 Å². The lowest BCUT2D eigenvalue weighted by molar-refractivity contribution is -0.0379. The Hall–Kier alpha value is -1.06. The van der Waals surface area contributed by atoms with Gasteiger partial charge in [-0.15, -0.1) is 0 Å². The summed E-state index contributed by atoms with van der Waals surface area (Å²) in [6, 6.07) is 8.70. The quantitative estimate of drug-likeness (QED) is 0.889. The summed E-state index contributed by atoms with van der Waals surface area (Å²) in [4.78, 5) is 2.48. The Kier molecular flexibility index (Phi) is 3.99. The largest absolute Gasteiger partial charge is 0.388 e. The molecule has 2 N–H and O–H groups in total. The predicted octanol–water partition coefficient (Wildman–Crippen LogP) is 2.65. The Morgan fingerprint density at radius 2 is 2.05 bits per heavy atom. The standard InChI is InChI=1S/C17H26N2O/c1-2-11-19-12-9-17(20,10-13-19)16-8-7-14-5-3-4-6-15(14)18-16/h3-6,16,18,20H,2,7-13H2,1H3. The molecular formula is C17H26N2O. The third-order valence-electron chi connectivity index (χ3n) is 4.96. The number of nitrogens with one attached hydrogen (secondary N) is 1. The maximum absolute atomic E-state index is 11.0. The van der Waals surface area contributed by atoms with Gasteiger partial charge in [0.05, 0.1) is 11.6 Å². The zero-order chi connectivity index (χ0) is 14.0. The summed E-state index contributed by atoms with van der Waals surface area (Å²) < 4.78 is 0. The van der Waals surface area contributed by atoms with E-state index in [9.17, 15) is 5.11 Å². The van der Waals surface area contributed by atoms with Gasteiger partial charge < -0.3 is 15.3 Å². The van der Waals surface area contributed by atoms with Gasteiger partial charge >= 0.3 is 0 Å². The molecule has 20 heavy (non-hydrogen) atoms. The van der Waals surface area contributed by atoms with Gasteiger partial charge in [0.2, 0.25) is 0 Å². The molecular weight excluding hydrogens is 248 g/mol. The van der Waals surface area contributed by atoms with Crippen LogP contribution in [0.2, 0.25) is 0 Å². The molecule has 110 valence electrons. The number of likely N-dealkylation sites (tertiary alicyclic amines) is 1. The second kappa shape index (κ2) is 5.74. The number of aliphatic hydroxyl groups is 1. The summed E-state index contributed by atoms with van der Waals surface area (Å²) in [5.74, 6) is 0. The first-order valence-corrected chi connectivity index (χ1v) is 8.00. The van der Waals surface area contributed by atoms with Crippen LogP contribution in [0.15, 0.2) is 24.3 Å². The van der Waals surface area contributed by atoms with E-state index in [0.29, 0.717) is 0 Å². The second-order valence-corrected chi connectivity index (χ2v) is 6.34. The van der Waals surface area contributed by atoms with Gasteiger partial charge in [-0.05, 0) is 50.3 Å². The second-order valence-electron chi connectivity index (χ2n) is 6.34. The first-order valence-electron chi connectivity index (χ1n) is 8.00. The van der Waals surface area contributed by atoms with Crippen molar-refractivity contribution in [3.63, 3.8) is 0 Å². The zero-order valence-electron chi connectivity index (χ0n) is 12.4. The van der Waals surface area contributed by atoms with Crippen LogP contribution in [0, 0.1) is 0 Å². The summed E-state index contributed by atoms with van der Waals surface area (Å²) in [5, 5.41) is 14.6. The molecule has 1 atom stereocenters. The molecule has 1 fully saturated rings. The van der Waals surface area contributed by atoms with Crippen molar-refractivity contribution in [3.05, 3.63) is 29.8 Å². The van der Waals surface area contributed by atoms with Gasteiger partial charge in [-0.25, -0.2) is 0 Å². The fraction of sp³-hybridized carbons (Fsp3) is 0.647. The van der Waals surface area contributed by atoms with Crippen LogP contribution in [-0.2, 0) is 6.42 Å². The van der Waals surface area contributed by atoms with E-state index in [1.807, 2.05) is 0 Å². The molecule has 0 saturated carbocycles. The molecule has 0 aromatic heterocycles. The number of para-hydroxylation sites is 1. The molecule has 0 amide bonds. The molecule has 1 aromatic carbocycles. The van der Waals surface area contributed by atoms with Crippen LogP contribution in [-0.4, -0.2) is 41.3 Å². The van der Waals surface area contributed by atoms with E-state index >= 15 is 0 Å². The SMILES string of the molecule is CCCN1CCC(O)(C2CCc3ccccc3N2)CC1. The number of fused-ring (bicyclic) bond motifs is 1. The van der Waals surface area contributed by atoms with Crippen LogP contribution < -0.4 is 5.32 Å². The van der Waals surface area contributed by atoms with Crippen molar-refractivity contribution >= 4 is 5.69 Å². The van der Waals surface area contributed by atoms with E-state index < -0.39 is 5.60 Å². The van der Waals surface area contributed by atoms with Gasteiger partial charge in [0.25, 0.3) is 0 Å². The topological polar surface area (TPSA) is 35.5 Å². The number of rotatable bonds is 3. The molecule has 3 nitrogen and oxygen atoms in total. The highest BCUT2D eigenvalue weighted by Gasteiger charge is 2.40. The van der Waals surface area contributed by atoms with Crippen molar-refractivity contribution < 1.29 is 5.11 Å². The number of piperidine rings is 1. The number of hydrogen-bond acceptors (Lipinski definition) is 3. The van der Waals surface area contributed by atoms with Gasteiger partial charge in [-0.2, -0.15) is 0 Å². The molecule has 3 heteroatoms. The summed E-state index contributed by atoms with van der Waals surface area (Å²) in [5.41, 5.74) is 2.07. The average Bonchev–Trinajstić information content (AvgIpc) is 2.49. The first kappa shape index (κ1) is 13.9. The molecule has 3 rings (SSSR count). The van der Waals surface area contributed by atoms with Crippen molar-refractivity contribution in [2.24, 2.45) is 0 Å². The van der Waals surface area contributed by atoms with E-state index in [2.05, 4.69) is 41.4 Å². The monoisotopic (exact) mass is 274 g/mol. The minimum Gasteiger partial charge on any atom is -0.388 e. The predicted molar refractivity (Wildman–Crippen MR) is 83.1 cm³/mol. The highest BCUT2D eigenvalue weighted by atomic mass is 16.3. The van der Waals surface area contributed by atoms with Crippen LogP contribution in [0.1, 0.15) is 38.2 Å². The van der Waals surface area contributed by atoms with E-state index in [0.717, 1.165) is 45.3 Å². The molecule has 0 aliphatic carbocycles. The number of nitrogens with zero attached hydrogens (tertiary/aromatic N) is 1. The highest BCUT2D eigenvalue weighted by Crippen LogP contribution is 2.34. The third-order valence-corrected chi connectivity index (χ3v) is 4.96. The Morgan fingerprint density at radius 3 is 2.80 bits per heavy atom. The number of anilines is 1. The van der Waals surface area contributed by atoms with E-state index in [4.69, 9.17) is 0 Å². The van der Waals surface area contributed by atoms with E-state index in [1.165, 1.54) is 17.7 Å². The minimum atomic E-state index is -0.530. The van der Waals surface area contributed by atoms with Crippen LogP contribution in [0.5, 0.6) is 0 Å². The third kappa shape index (κ3) is 2.70. The van der Waals surface area contributed by atoms with Crippen LogP contribution >= 0.6 is 0 Å². The lowest BCUT2D eigenvalue weighted by atomic mass is 9.79. The van der Waals surface area contributed by atoms with E-state index in [1.54, 1.807) is 0 Å². The van der Waals surface area contributed by atoms with Gasteiger partial charge in [0, 0.05) is 18.8 Å². The first-order chi connectivity index (χ1) is 9.71. The number of hydrogen-bond donors (Lipinski definition) is 2. The molecule has 1 unspecified atom stereocenters. The Bertz CT molecular complexity index is 452. The molecule has 0 spiro atoms. The molecule has 1 saturated heterocycles. The van der Waals surface area contributed by atoms with Gasteiger partial charge in [-0.1, -0.05) is 25.1 Å². The smallest absolute Gasteiger partial charge is 0.0872 e. The van der Waals surface area contributed by atoms with Gasteiger partial charge in [0.15, 0.2) is 0 Å². The van der Waals surface area contributed by atoms with Crippen molar-refractivity contribution in [1.82, 2.24) is 4.90 Å². The van der Waals surface area contributed by atoms with E-state index in [-0.39, 0.29) is 6.04 Å². The Balaban J connectivity index is 1.66. The maximum atomic E-state index is 11.0. The summed E-state index contributed by atoms with van der Waals surface area (Å²) >= 11 is 0. The lowest BCUT2D eigenvalue weighted by Crippen LogP contribution is -2.55. The van der Waals surface area contributed by atoms with Crippen LogP contribution in [0.25, 0.3) is 0 Å². The highest BCUT2D eigenvalue weighted by molar-refractivity contribution is 5.54. The maximum Gasteiger partial charge on any atom is 0.0872 e. The average molecular weight is 274 g/mol. The number of benzene rings is 1. The molecule has 2 heterocycles. The summed E-state index contributed by atoms with van der Waals surface area (Å²) in [6.07, 6.45) is 5.11. The fourth-order valence-electron chi connectivity index (χ4n) is 3.67. The minimum absolute atomic E-state index is 0.209. The zero-order valence-corrected chi connectivity index (χ0v) is 12.4. The van der Waals surface area contributed by atoms with Crippen LogP contribution in [0.4, 0.5) is 5.69 Å². The normalized spacial score (nSPS) is 25.8. The Labute approximate surface area is 122 Å². The number of aryl methyl sites for hydroxylation is 1. The van der Waals surface area contributed by atoms with Gasteiger partial charge in [0.1, 0.15) is 0 Å². The van der Waals surface area contributed by atoms with Crippen molar-refractivity contribution in [2.75, 3.05) is 25.0 Å². The fourth-order valence-corrected chi connectivity index (χ4v) is 3.67. The molecule has 1 aromatic rings. The molecule has 2 aliphatic heterocycles. The molecule has 2 aliphatic rings. The molecule has 0 radical (unpaired) electrons. The molecule has 0 bridgehead atoms.